The van der Waals surface area contributed by atoms with Crippen LogP contribution in [0.15, 0.2) is 60.7 Å². The summed E-state index contributed by atoms with van der Waals surface area (Å²) in [4.78, 5) is 0. The number of rotatable bonds is 2. The fourth-order valence-corrected chi connectivity index (χ4v) is 2.66. The summed E-state index contributed by atoms with van der Waals surface area (Å²) in [7, 11) is 0. The minimum Gasteiger partial charge on any atom is -0.352 e. The summed E-state index contributed by atoms with van der Waals surface area (Å²) in [5.41, 5.74) is 1.54. The molecule has 1 heterocycles. The molecule has 2 N–H and O–H groups in total. The summed E-state index contributed by atoms with van der Waals surface area (Å²) >= 11 is 5.18. The van der Waals surface area contributed by atoms with Crippen LogP contribution >= 0.6 is 12.2 Å². The topological polar surface area (TPSA) is 24.1 Å². The second-order valence-corrected chi connectivity index (χ2v) is 5.55. The van der Waals surface area contributed by atoms with Crippen LogP contribution in [0.25, 0.3) is 5.70 Å². The lowest BCUT2D eigenvalue weighted by Crippen LogP contribution is -2.40. The highest BCUT2D eigenvalue weighted by Crippen LogP contribution is 2.32. The summed E-state index contributed by atoms with van der Waals surface area (Å²) in [6, 6.07) is 14.3. The molecule has 2 aromatic carbocycles. The Kier molecular flexibility index (Phi) is 4.09. The van der Waals surface area contributed by atoms with Gasteiger partial charge < -0.3 is 10.6 Å². The molecule has 0 bridgehead atoms. The SMILES string of the molecule is FC(F)(F)c1cccc(C2C=C(c3ccccc3)NC(=S)N2)c1. The molecule has 1 unspecified atom stereocenters. The van der Waals surface area contributed by atoms with E-state index in [1.54, 1.807) is 6.07 Å². The van der Waals surface area contributed by atoms with E-state index in [0.717, 1.165) is 23.4 Å². The van der Waals surface area contributed by atoms with Gasteiger partial charge in [-0.15, -0.1) is 0 Å². The highest BCUT2D eigenvalue weighted by molar-refractivity contribution is 7.80. The number of alkyl halides is 3. The Morgan fingerprint density at radius 3 is 2.39 bits per heavy atom. The van der Waals surface area contributed by atoms with Gasteiger partial charge in [-0.2, -0.15) is 13.2 Å². The number of nitrogens with one attached hydrogen (secondary N) is 2. The van der Waals surface area contributed by atoms with E-state index in [-0.39, 0.29) is 0 Å². The molecular weight excluding hydrogens is 321 g/mol. The Bertz CT molecular complexity index is 754. The molecule has 0 saturated carbocycles. The molecule has 0 amide bonds. The van der Waals surface area contributed by atoms with Gasteiger partial charge >= 0.3 is 6.18 Å². The van der Waals surface area contributed by atoms with Crippen LogP contribution in [0.3, 0.4) is 0 Å². The number of halogens is 3. The third kappa shape index (κ3) is 3.53. The van der Waals surface area contributed by atoms with Gasteiger partial charge in [0.1, 0.15) is 0 Å². The Balaban J connectivity index is 1.98. The van der Waals surface area contributed by atoms with Crippen LogP contribution in [0.4, 0.5) is 13.2 Å². The second kappa shape index (κ2) is 6.04. The summed E-state index contributed by atoms with van der Waals surface area (Å²) < 4.78 is 38.6. The molecule has 0 fully saturated rings. The average molecular weight is 334 g/mol. The van der Waals surface area contributed by atoms with E-state index in [2.05, 4.69) is 10.6 Å². The molecule has 118 valence electrons. The number of hydrogen-bond acceptors (Lipinski definition) is 1. The van der Waals surface area contributed by atoms with Crippen molar-refractivity contribution in [3.8, 4) is 0 Å². The molecule has 23 heavy (non-hydrogen) atoms. The highest BCUT2D eigenvalue weighted by Gasteiger charge is 2.31. The molecular formula is C17H13F3N2S. The first-order valence-electron chi connectivity index (χ1n) is 6.95. The summed E-state index contributed by atoms with van der Waals surface area (Å²) in [6.45, 7) is 0. The quantitative estimate of drug-likeness (QED) is 0.802. The van der Waals surface area contributed by atoms with Crippen LogP contribution in [0, 0.1) is 0 Å². The van der Waals surface area contributed by atoms with Crippen molar-refractivity contribution < 1.29 is 13.2 Å². The molecule has 2 aromatic rings. The van der Waals surface area contributed by atoms with Gasteiger partial charge in [0.15, 0.2) is 5.11 Å². The fraction of sp³-hybridized carbons (Fsp3) is 0.118. The van der Waals surface area contributed by atoms with Crippen LogP contribution in [-0.2, 0) is 6.18 Å². The van der Waals surface area contributed by atoms with Crippen LogP contribution < -0.4 is 10.6 Å². The third-order valence-corrected chi connectivity index (χ3v) is 3.75. The van der Waals surface area contributed by atoms with Crippen molar-refractivity contribution in [2.45, 2.75) is 12.2 Å². The zero-order chi connectivity index (χ0) is 16.4. The van der Waals surface area contributed by atoms with Crippen molar-refractivity contribution in [1.82, 2.24) is 10.6 Å². The van der Waals surface area contributed by atoms with Crippen LogP contribution in [-0.4, -0.2) is 5.11 Å². The molecule has 0 aliphatic carbocycles. The van der Waals surface area contributed by atoms with Gasteiger partial charge in [-0.25, -0.2) is 0 Å². The first kappa shape index (κ1) is 15.6. The Morgan fingerprint density at radius 2 is 1.70 bits per heavy atom. The number of thiocarbonyl (C=S) groups is 1. The third-order valence-electron chi connectivity index (χ3n) is 3.53. The largest absolute Gasteiger partial charge is 0.416 e. The van der Waals surface area contributed by atoms with Crippen molar-refractivity contribution in [3.05, 3.63) is 77.4 Å². The monoisotopic (exact) mass is 334 g/mol. The fourth-order valence-electron chi connectivity index (χ4n) is 2.42. The molecule has 1 aliphatic heterocycles. The van der Waals surface area contributed by atoms with E-state index < -0.39 is 17.8 Å². The normalized spacial score (nSPS) is 18.0. The summed E-state index contributed by atoms with van der Waals surface area (Å²) in [6.07, 6.45) is -2.53. The maximum absolute atomic E-state index is 12.9. The van der Waals surface area contributed by atoms with Crippen molar-refractivity contribution in [2.24, 2.45) is 0 Å². The van der Waals surface area contributed by atoms with Crippen molar-refractivity contribution >= 4 is 23.0 Å². The maximum atomic E-state index is 12.9. The van der Waals surface area contributed by atoms with Gasteiger partial charge in [0, 0.05) is 5.70 Å². The van der Waals surface area contributed by atoms with E-state index >= 15 is 0 Å². The lowest BCUT2D eigenvalue weighted by atomic mass is 10.00. The first-order chi connectivity index (χ1) is 10.9. The van der Waals surface area contributed by atoms with E-state index in [9.17, 15) is 13.2 Å². The smallest absolute Gasteiger partial charge is 0.352 e. The zero-order valence-corrected chi connectivity index (χ0v) is 12.7. The Morgan fingerprint density at radius 1 is 0.957 bits per heavy atom. The second-order valence-electron chi connectivity index (χ2n) is 5.15. The number of hydrogen-bond donors (Lipinski definition) is 2. The standard InChI is InChI=1S/C17H13F3N2S/c18-17(19,20)13-8-4-7-12(9-13)15-10-14(21-16(23)22-15)11-5-2-1-3-6-11/h1-10,15H,(H2,21,22,23). The van der Waals surface area contributed by atoms with E-state index in [0.29, 0.717) is 10.7 Å². The van der Waals surface area contributed by atoms with Gasteiger partial charge in [0.25, 0.3) is 0 Å². The molecule has 0 radical (unpaired) electrons. The maximum Gasteiger partial charge on any atom is 0.416 e. The minimum atomic E-state index is -4.37. The van der Waals surface area contributed by atoms with Gasteiger partial charge in [-0.1, -0.05) is 42.5 Å². The van der Waals surface area contributed by atoms with E-state index in [1.165, 1.54) is 6.07 Å². The minimum absolute atomic E-state index is 0.383. The van der Waals surface area contributed by atoms with Crippen molar-refractivity contribution in [3.63, 3.8) is 0 Å². The number of benzene rings is 2. The van der Waals surface area contributed by atoms with E-state index in [1.807, 2.05) is 36.4 Å². The lowest BCUT2D eigenvalue weighted by Gasteiger charge is -2.26. The van der Waals surface area contributed by atoms with E-state index in [4.69, 9.17) is 12.2 Å². The van der Waals surface area contributed by atoms with Gasteiger partial charge in [-0.05, 0) is 41.6 Å². The molecule has 1 atom stereocenters. The zero-order valence-electron chi connectivity index (χ0n) is 11.9. The van der Waals surface area contributed by atoms with Gasteiger partial charge in [-0.3, -0.25) is 0 Å². The molecule has 1 aliphatic rings. The highest BCUT2D eigenvalue weighted by atomic mass is 32.1. The van der Waals surface area contributed by atoms with Crippen LogP contribution in [0.1, 0.15) is 22.7 Å². The predicted molar refractivity (Wildman–Crippen MR) is 87.5 cm³/mol. The van der Waals surface area contributed by atoms with Crippen LogP contribution in [0.5, 0.6) is 0 Å². The Labute approximate surface area is 137 Å². The average Bonchev–Trinajstić information content (AvgIpc) is 2.54. The van der Waals surface area contributed by atoms with Crippen LogP contribution in [0.2, 0.25) is 0 Å². The van der Waals surface area contributed by atoms with Gasteiger partial charge in [0.05, 0.1) is 11.6 Å². The van der Waals surface area contributed by atoms with Crippen molar-refractivity contribution in [2.75, 3.05) is 0 Å². The summed E-state index contributed by atoms with van der Waals surface area (Å²) in [5.74, 6) is 0. The molecule has 0 aromatic heterocycles. The molecule has 6 heteroatoms. The molecule has 3 rings (SSSR count). The van der Waals surface area contributed by atoms with Gasteiger partial charge in [0.2, 0.25) is 0 Å². The summed E-state index contributed by atoms with van der Waals surface area (Å²) in [5, 5.41) is 6.41. The predicted octanol–water partition coefficient (Wildman–Crippen LogP) is 4.27. The Hall–Kier alpha value is -2.34. The lowest BCUT2D eigenvalue weighted by molar-refractivity contribution is -0.137. The molecule has 0 saturated heterocycles. The molecule has 0 spiro atoms. The van der Waals surface area contributed by atoms with Crippen molar-refractivity contribution in [1.29, 1.82) is 0 Å². The first-order valence-corrected chi connectivity index (χ1v) is 7.36. The molecule has 2 nitrogen and oxygen atoms in total.